The molecule has 2 N–H and O–H groups in total. The fraction of sp³-hybridized carbons (Fsp3) is 0.857. The third kappa shape index (κ3) is 5.82. The largest absolute Gasteiger partial charge is 0.383 e. The van der Waals surface area contributed by atoms with E-state index in [1.807, 2.05) is 6.92 Å². The smallest absolute Gasteiger partial charge is 0.233 e. The van der Waals surface area contributed by atoms with Crippen molar-refractivity contribution in [2.45, 2.75) is 13.0 Å². The van der Waals surface area contributed by atoms with Crippen molar-refractivity contribution in [3.63, 3.8) is 0 Å². The normalized spacial score (nSPS) is 12.6. The number of nitrogens with one attached hydrogen (secondary N) is 2. The van der Waals surface area contributed by atoms with Gasteiger partial charge < -0.3 is 15.4 Å². The Morgan fingerprint density at radius 1 is 1.64 bits per heavy atom. The third-order valence-electron chi connectivity index (χ3n) is 1.31. The second kappa shape index (κ2) is 6.12. The Morgan fingerprint density at radius 2 is 2.27 bits per heavy atom. The quantitative estimate of drug-likeness (QED) is 0.562. The van der Waals surface area contributed by atoms with Crippen LogP contribution in [0.25, 0.3) is 0 Å². The van der Waals surface area contributed by atoms with Crippen LogP contribution < -0.4 is 10.6 Å². The molecule has 0 aliphatic rings. The Morgan fingerprint density at radius 3 is 2.73 bits per heavy atom. The van der Waals surface area contributed by atoms with Gasteiger partial charge in [-0.15, -0.1) is 0 Å². The molecular weight excluding hydrogens is 144 g/mol. The molecule has 1 amide bonds. The molecule has 0 fully saturated rings. The first-order chi connectivity index (χ1) is 5.20. The Balaban J connectivity index is 3.29. The van der Waals surface area contributed by atoms with Crippen molar-refractivity contribution in [3.05, 3.63) is 0 Å². The molecule has 0 aromatic carbocycles. The SMILES string of the molecule is CNC(=O)CNC(C)COC. The van der Waals surface area contributed by atoms with Crippen molar-refractivity contribution in [1.82, 2.24) is 10.6 Å². The van der Waals surface area contributed by atoms with E-state index in [9.17, 15) is 4.79 Å². The molecule has 0 aliphatic heterocycles. The highest BCUT2D eigenvalue weighted by atomic mass is 16.5. The summed E-state index contributed by atoms with van der Waals surface area (Å²) in [4.78, 5) is 10.7. The lowest BCUT2D eigenvalue weighted by atomic mass is 10.3. The van der Waals surface area contributed by atoms with E-state index in [-0.39, 0.29) is 11.9 Å². The molecule has 1 unspecified atom stereocenters. The first kappa shape index (κ1) is 10.4. The standard InChI is InChI=1S/C7H16N2O2/c1-6(5-11-3)9-4-7(10)8-2/h6,9H,4-5H2,1-3H3,(H,8,10). The second-order valence-electron chi connectivity index (χ2n) is 2.41. The summed E-state index contributed by atoms with van der Waals surface area (Å²) in [6, 6.07) is 0.220. The topological polar surface area (TPSA) is 50.4 Å². The van der Waals surface area contributed by atoms with Crippen molar-refractivity contribution in [2.75, 3.05) is 27.3 Å². The zero-order chi connectivity index (χ0) is 8.69. The number of hydrogen-bond acceptors (Lipinski definition) is 3. The molecule has 66 valence electrons. The molecule has 0 bridgehead atoms. The molecule has 4 heteroatoms. The summed E-state index contributed by atoms with van der Waals surface area (Å²) < 4.78 is 4.88. The van der Waals surface area contributed by atoms with Gasteiger partial charge in [0.2, 0.25) is 5.91 Å². The minimum Gasteiger partial charge on any atom is -0.383 e. The van der Waals surface area contributed by atoms with Gasteiger partial charge in [0.15, 0.2) is 0 Å². The zero-order valence-corrected chi connectivity index (χ0v) is 7.31. The molecular formula is C7H16N2O2. The number of carbonyl (C=O) groups excluding carboxylic acids is 1. The number of amides is 1. The average Bonchev–Trinajstić information content (AvgIpc) is 2.01. The number of ether oxygens (including phenoxy) is 1. The minimum atomic E-state index is -0.00652. The van der Waals surface area contributed by atoms with E-state index in [1.54, 1.807) is 14.2 Å². The molecule has 0 spiro atoms. The van der Waals surface area contributed by atoms with Gasteiger partial charge in [-0.25, -0.2) is 0 Å². The van der Waals surface area contributed by atoms with Crippen molar-refractivity contribution < 1.29 is 9.53 Å². The lowest BCUT2D eigenvalue weighted by Crippen LogP contribution is -2.38. The van der Waals surface area contributed by atoms with Gasteiger partial charge in [-0.05, 0) is 6.92 Å². The summed E-state index contributed by atoms with van der Waals surface area (Å²) in [5.74, 6) is -0.00652. The van der Waals surface area contributed by atoms with Crippen molar-refractivity contribution in [2.24, 2.45) is 0 Å². The van der Waals surface area contributed by atoms with Crippen molar-refractivity contribution in [3.8, 4) is 0 Å². The molecule has 4 nitrogen and oxygen atoms in total. The zero-order valence-electron chi connectivity index (χ0n) is 7.31. The third-order valence-corrected chi connectivity index (χ3v) is 1.31. The molecule has 0 aromatic heterocycles. The van der Waals surface area contributed by atoms with E-state index in [1.165, 1.54) is 0 Å². The highest BCUT2D eigenvalue weighted by molar-refractivity contribution is 5.77. The van der Waals surface area contributed by atoms with E-state index in [0.717, 1.165) is 0 Å². The Kier molecular flexibility index (Phi) is 5.78. The van der Waals surface area contributed by atoms with E-state index >= 15 is 0 Å². The molecule has 0 aliphatic carbocycles. The van der Waals surface area contributed by atoms with Gasteiger partial charge in [-0.3, -0.25) is 4.79 Å². The van der Waals surface area contributed by atoms with Crippen LogP contribution in [-0.4, -0.2) is 39.3 Å². The van der Waals surface area contributed by atoms with Gasteiger partial charge in [-0.2, -0.15) is 0 Å². The first-order valence-electron chi connectivity index (χ1n) is 3.63. The van der Waals surface area contributed by atoms with Crippen LogP contribution in [0.2, 0.25) is 0 Å². The number of rotatable bonds is 5. The van der Waals surface area contributed by atoms with Crippen LogP contribution in [0.1, 0.15) is 6.92 Å². The van der Waals surface area contributed by atoms with Crippen molar-refractivity contribution in [1.29, 1.82) is 0 Å². The average molecular weight is 160 g/mol. The molecule has 0 radical (unpaired) electrons. The van der Waals surface area contributed by atoms with Crippen LogP contribution in [0.3, 0.4) is 0 Å². The van der Waals surface area contributed by atoms with Gasteiger partial charge in [0.05, 0.1) is 13.2 Å². The van der Waals surface area contributed by atoms with Gasteiger partial charge in [0.25, 0.3) is 0 Å². The molecule has 1 atom stereocenters. The summed E-state index contributed by atoms with van der Waals surface area (Å²) >= 11 is 0. The highest BCUT2D eigenvalue weighted by Crippen LogP contribution is 1.80. The van der Waals surface area contributed by atoms with Gasteiger partial charge in [-0.1, -0.05) is 0 Å². The molecule has 11 heavy (non-hydrogen) atoms. The lowest BCUT2D eigenvalue weighted by Gasteiger charge is -2.10. The fourth-order valence-corrected chi connectivity index (χ4v) is 0.664. The molecule has 0 saturated carbocycles. The predicted octanol–water partition coefficient (Wildman–Crippen LogP) is -0.643. The molecule has 0 heterocycles. The van der Waals surface area contributed by atoms with Crippen LogP contribution >= 0.6 is 0 Å². The monoisotopic (exact) mass is 160 g/mol. The predicted molar refractivity (Wildman–Crippen MR) is 43.4 cm³/mol. The summed E-state index contributed by atoms with van der Waals surface area (Å²) in [5.41, 5.74) is 0. The van der Waals surface area contributed by atoms with E-state index in [2.05, 4.69) is 10.6 Å². The van der Waals surface area contributed by atoms with Gasteiger partial charge in [0.1, 0.15) is 0 Å². The van der Waals surface area contributed by atoms with Crippen LogP contribution in [0.4, 0.5) is 0 Å². The van der Waals surface area contributed by atoms with Crippen molar-refractivity contribution >= 4 is 5.91 Å². The number of methoxy groups -OCH3 is 1. The molecule has 0 aromatic rings. The summed E-state index contributed by atoms with van der Waals surface area (Å²) in [7, 11) is 3.25. The second-order valence-corrected chi connectivity index (χ2v) is 2.41. The first-order valence-corrected chi connectivity index (χ1v) is 3.63. The Labute approximate surface area is 67.3 Å². The van der Waals surface area contributed by atoms with E-state index in [0.29, 0.717) is 13.2 Å². The van der Waals surface area contributed by atoms with Gasteiger partial charge >= 0.3 is 0 Å². The van der Waals surface area contributed by atoms with Crippen LogP contribution in [0, 0.1) is 0 Å². The van der Waals surface area contributed by atoms with Crippen LogP contribution in [0.15, 0.2) is 0 Å². The maximum Gasteiger partial charge on any atom is 0.233 e. The fourth-order valence-electron chi connectivity index (χ4n) is 0.664. The minimum absolute atomic E-state index is 0.00652. The Hall–Kier alpha value is -0.610. The number of carbonyl (C=O) groups is 1. The maximum atomic E-state index is 10.7. The Bertz CT molecular complexity index is 117. The number of likely N-dealkylation sites (N-methyl/N-ethyl adjacent to an activating group) is 1. The number of hydrogen-bond donors (Lipinski definition) is 2. The molecule has 0 rings (SSSR count). The van der Waals surface area contributed by atoms with Crippen LogP contribution in [0.5, 0.6) is 0 Å². The van der Waals surface area contributed by atoms with E-state index < -0.39 is 0 Å². The maximum absolute atomic E-state index is 10.7. The highest BCUT2D eigenvalue weighted by Gasteiger charge is 2.02. The van der Waals surface area contributed by atoms with Crippen LogP contribution in [-0.2, 0) is 9.53 Å². The van der Waals surface area contributed by atoms with Gasteiger partial charge in [0, 0.05) is 20.2 Å². The summed E-state index contributed by atoms with van der Waals surface area (Å²) in [6.07, 6.45) is 0. The lowest BCUT2D eigenvalue weighted by molar-refractivity contribution is -0.119. The summed E-state index contributed by atoms with van der Waals surface area (Å²) in [5, 5.41) is 5.52. The molecule has 0 saturated heterocycles. The summed E-state index contributed by atoms with van der Waals surface area (Å²) in [6.45, 7) is 2.93. The van der Waals surface area contributed by atoms with E-state index in [4.69, 9.17) is 4.74 Å².